The van der Waals surface area contributed by atoms with E-state index in [-0.39, 0.29) is 41.7 Å². The Hall–Kier alpha value is -3.62. The van der Waals surface area contributed by atoms with Crippen LogP contribution in [0.2, 0.25) is 0 Å². The molecule has 0 saturated heterocycles. The van der Waals surface area contributed by atoms with E-state index < -0.39 is 0 Å². The second-order valence-corrected chi connectivity index (χ2v) is 12.4. The van der Waals surface area contributed by atoms with Crippen LogP contribution in [-0.4, -0.2) is 49.5 Å². The summed E-state index contributed by atoms with van der Waals surface area (Å²) in [6.45, 7) is 10.6. The Balaban J connectivity index is 1.05. The van der Waals surface area contributed by atoms with Crippen molar-refractivity contribution in [1.29, 1.82) is 0 Å². The highest BCUT2D eigenvalue weighted by atomic mass is 16.5. The number of benzene rings is 2. The highest BCUT2D eigenvalue weighted by Crippen LogP contribution is 2.31. The summed E-state index contributed by atoms with van der Waals surface area (Å²) in [5.74, 6) is 2.14. The zero-order valence-corrected chi connectivity index (χ0v) is 26.1. The Bertz CT molecular complexity index is 1560. The first-order chi connectivity index (χ1) is 20.6. The first-order valence-corrected chi connectivity index (χ1v) is 15.5. The molecule has 2 unspecified atom stereocenters. The number of carbonyl (C=O) groups is 2. The number of rotatable bonds is 15. The van der Waals surface area contributed by atoms with Gasteiger partial charge in [0.1, 0.15) is 34.9 Å². The number of nitrogens with one attached hydrogen (secondary N) is 2. The quantitative estimate of drug-likeness (QED) is 0.141. The average Bonchev–Trinajstić information content (AvgIpc) is 3.57. The molecule has 1 saturated carbocycles. The normalized spacial score (nSPS) is 18.9. The lowest BCUT2D eigenvalue weighted by molar-refractivity contribution is 0.0790. The summed E-state index contributed by atoms with van der Waals surface area (Å²) < 4.78 is 23.7. The molecule has 8 heteroatoms. The lowest BCUT2D eigenvalue weighted by Crippen LogP contribution is -2.49. The average molecular weight is 589 g/mol. The molecule has 2 N–H and O–H groups in total. The Labute approximate surface area is 253 Å². The van der Waals surface area contributed by atoms with Crippen LogP contribution in [0.5, 0.6) is 11.5 Å². The topological polar surface area (TPSA) is 103 Å². The molecule has 0 aliphatic heterocycles. The van der Waals surface area contributed by atoms with Crippen molar-refractivity contribution in [3.63, 3.8) is 0 Å². The summed E-state index contributed by atoms with van der Waals surface area (Å²) in [6.07, 6.45) is 3.72. The minimum Gasteiger partial charge on any atom is -0.490 e. The van der Waals surface area contributed by atoms with E-state index in [9.17, 15) is 9.59 Å². The van der Waals surface area contributed by atoms with E-state index in [2.05, 4.69) is 17.6 Å². The van der Waals surface area contributed by atoms with Crippen molar-refractivity contribution in [2.45, 2.75) is 84.6 Å². The second kappa shape index (κ2) is 13.3. The number of likely N-dealkylation sites (N-methyl/N-ethyl adjacent to an activating group) is 1. The minimum absolute atomic E-state index is 0.00380. The molecule has 0 bridgehead atoms. The van der Waals surface area contributed by atoms with Crippen molar-refractivity contribution in [2.75, 3.05) is 13.6 Å². The monoisotopic (exact) mass is 588 g/mol. The third-order valence-corrected chi connectivity index (χ3v) is 8.21. The van der Waals surface area contributed by atoms with Crippen molar-refractivity contribution in [2.24, 2.45) is 11.8 Å². The van der Waals surface area contributed by atoms with Gasteiger partial charge in [0.05, 0.1) is 0 Å². The molecule has 2 aromatic carbocycles. The van der Waals surface area contributed by atoms with Gasteiger partial charge in [0.25, 0.3) is 0 Å². The molecule has 1 aliphatic rings. The van der Waals surface area contributed by atoms with Crippen LogP contribution >= 0.6 is 0 Å². The van der Waals surface area contributed by atoms with Crippen molar-refractivity contribution in [1.82, 2.24) is 10.6 Å². The van der Waals surface area contributed by atoms with E-state index in [1.165, 1.54) is 0 Å². The van der Waals surface area contributed by atoms with Gasteiger partial charge in [-0.3, -0.25) is 9.59 Å². The zero-order chi connectivity index (χ0) is 30.7. The molecule has 2 aromatic heterocycles. The molecule has 0 radical (unpaired) electrons. The second-order valence-electron chi connectivity index (χ2n) is 12.4. The highest BCUT2D eigenvalue weighted by Gasteiger charge is 2.32. The maximum atomic E-state index is 13.1. The Morgan fingerprint density at radius 1 is 0.837 bits per heavy atom. The lowest BCUT2D eigenvalue weighted by Gasteiger charge is -2.37. The number of furan rings is 2. The Morgan fingerprint density at radius 2 is 1.44 bits per heavy atom. The molecule has 0 amide bonds. The number of ketones is 2. The summed E-state index contributed by atoms with van der Waals surface area (Å²) >= 11 is 0. The van der Waals surface area contributed by atoms with E-state index in [0.717, 1.165) is 54.5 Å². The SMILES string of the molecule is CNC[C@@H](C)Oc1ccc2oc(C(=O)C(C)CCC(C)NC3CC(Oc4ccc5oc(C(=O)C(C)C)cc5c4)C3)cc2c1. The predicted molar refractivity (Wildman–Crippen MR) is 168 cm³/mol. The predicted octanol–water partition coefficient (Wildman–Crippen LogP) is 7.19. The summed E-state index contributed by atoms with van der Waals surface area (Å²) in [4.78, 5) is 25.4. The zero-order valence-electron chi connectivity index (χ0n) is 26.1. The van der Waals surface area contributed by atoms with Gasteiger partial charge in [-0.1, -0.05) is 20.8 Å². The molecule has 230 valence electrons. The molecule has 0 spiro atoms. The van der Waals surface area contributed by atoms with Gasteiger partial charge in [-0.05, 0) is 95.1 Å². The van der Waals surface area contributed by atoms with Gasteiger partial charge < -0.3 is 28.9 Å². The van der Waals surface area contributed by atoms with Crippen molar-refractivity contribution in [3.05, 3.63) is 60.1 Å². The van der Waals surface area contributed by atoms with Gasteiger partial charge in [0.2, 0.25) is 11.6 Å². The fourth-order valence-electron chi connectivity index (χ4n) is 5.63. The maximum absolute atomic E-state index is 13.1. The van der Waals surface area contributed by atoms with E-state index in [1.807, 2.05) is 77.2 Å². The molecule has 3 atom stereocenters. The maximum Gasteiger partial charge on any atom is 0.200 e. The van der Waals surface area contributed by atoms with E-state index in [0.29, 0.717) is 28.7 Å². The van der Waals surface area contributed by atoms with Crippen molar-refractivity contribution >= 4 is 33.5 Å². The molecular formula is C35H44N2O6. The third-order valence-electron chi connectivity index (χ3n) is 8.21. The smallest absolute Gasteiger partial charge is 0.200 e. The van der Waals surface area contributed by atoms with Crippen molar-refractivity contribution in [3.8, 4) is 11.5 Å². The molecule has 1 fully saturated rings. The van der Waals surface area contributed by atoms with E-state index in [4.69, 9.17) is 18.3 Å². The summed E-state index contributed by atoms with van der Waals surface area (Å²) in [5.41, 5.74) is 1.39. The van der Waals surface area contributed by atoms with Crippen LogP contribution in [0.25, 0.3) is 21.9 Å². The van der Waals surface area contributed by atoms with Crippen LogP contribution in [0.1, 0.15) is 81.4 Å². The first kappa shape index (κ1) is 30.8. The van der Waals surface area contributed by atoms with Gasteiger partial charge in [0.15, 0.2) is 11.5 Å². The molecule has 5 rings (SSSR count). The molecular weight excluding hydrogens is 544 g/mol. The van der Waals surface area contributed by atoms with Gasteiger partial charge >= 0.3 is 0 Å². The molecule has 1 aliphatic carbocycles. The Kier molecular flexibility index (Phi) is 9.57. The van der Waals surface area contributed by atoms with E-state index in [1.54, 1.807) is 6.07 Å². The molecule has 4 aromatic rings. The number of Topliss-reactive ketones (excluding diaryl/α,β-unsaturated/α-hetero) is 2. The largest absolute Gasteiger partial charge is 0.490 e. The van der Waals surface area contributed by atoms with Gasteiger partial charge in [-0.2, -0.15) is 0 Å². The first-order valence-electron chi connectivity index (χ1n) is 15.5. The summed E-state index contributed by atoms with van der Waals surface area (Å²) in [7, 11) is 1.90. The fraction of sp³-hybridized carbons (Fsp3) is 0.486. The number of ether oxygens (including phenoxy) is 2. The molecule has 8 nitrogen and oxygen atoms in total. The van der Waals surface area contributed by atoms with Crippen LogP contribution in [0, 0.1) is 11.8 Å². The van der Waals surface area contributed by atoms with E-state index >= 15 is 0 Å². The van der Waals surface area contributed by atoms with Crippen LogP contribution < -0.4 is 20.1 Å². The number of carbonyl (C=O) groups excluding carboxylic acids is 2. The fourth-order valence-corrected chi connectivity index (χ4v) is 5.63. The van der Waals surface area contributed by atoms with Crippen LogP contribution in [0.15, 0.2) is 57.4 Å². The van der Waals surface area contributed by atoms with Gasteiger partial charge in [0, 0.05) is 41.2 Å². The highest BCUT2D eigenvalue weighted by molar-refractivity contribution is 5.99. The number of hydrogen-bond donors (Lipinski definition) is 2. The van der Waals surface area contributed by atoms with Crippen LogP contribution in [0.3, 0.4) is 0 Å². The Morgan fingerprint density at radius 3 is 2.07 bits per heavy atom. The van der Waals surface area contributed by atoms with Crippen LogP contribution in [-0.2, 0) is 0 Å². The van der Waals surface area contributed by atoms with Gasteiger partial charge in [-0.25, -0.2) is 0 Å². The molecule has 2 heterocycles. The molecule has 43 heavy (non-hydrogen) atoms. The summed E-state index contributed by atoms with van der Waals surface area (Å²) in [6, 6.07) is 15.7. The van der Waals surface area contributed by atoms with Gasteiger partial charge in [-0.15, -0.1) is 0 Å². The van der Waals surface area contributed by atoms with Crippen LogP contribution in [0.4, 0.5) is 0 Å². The number of fused-ring (bicyclic) bond motifs is 2. The third kappa shape index (κ3) is 7.48. The lowest BCUT2D eigenvalue weighted by atomic mass is 9.88. The standard InChI is InChI=1S/C35H44N2O6/c1-20(2)34(38)32-15-25-14-28(10-12-30(25)42-32)41-29-17-26(18-29)37-22(4)8-7-21(3)35(39)33-16-24-13-27(9-11-31(24)43-33)40-23(5)19-36-6/h9-16,20-23,26,29,36-37H,7-8,17-19H2,1-6H3/t21?,22?,23-,26?,29?/m1/s1. The summed E-state index contributed by atoms with van der Waals surface area (Å²) in [5, 5.41) is 8.54. The van der Waals surface area contributed by atoms with Crippen molar-refractivity contribution < 1.29 is 27.9 Å². The minimum atomic E-state index is -0.136. The number of hydrogen-bond acceptors (Lipinski definition) is 8.